The summed E-state index contributed by atoms with van der Waals surface area (Å²) in [6.45, 7) is 3.40. The highest BCUT2D eigenvalue weighted by Crippen LogP contribution is 2.23. The second-order valence-electron chi connectivity index (χ2n) is 4.23. The van der Waals surface area contributed by atoms with Crippen molar-refractivity contribution in [2.75, 3.05) is 5.75 Å². The fourth-order valence-electron chi connectivity index (χ4n) is 1.26. The van der Waals surface area contributed by atoms with Crippen LogP contribution in [0, 0.1) is 0 Å². The van der Waals surface area contributed by atoms with Gasteiger partial charge in [-0.1, -0.05) is 11.6 Å². The molecule has 1 rings (SSSR count). The number of sulfone groups is 1. The van der Waals surface area contributed by atoms with Gasteiger partial charge in [0.2, 0.25) is 0 Å². The SMILES string of the molecule is CC(C)(N)CS(=O)(=O)Cc1ccc(Cl)s1. The highest BCUT2D eigenvalue weighted by Gasteiger charge is 2.22. The van der Waals surface area contributed by atoms with Crippen molar-refractivity contribution in [2.45, 2.75) is 25.1 Å². The molecule has 2 N–H and O–H groups in total. The van der Waals surface area contributed by atoms with Crippen LogP contribution in [0.2, 0.25) is 4.34 Å². The van der Waals surface area contributed by atoms with Crippen molar-refractivity contribution in [3.05, 3.63) is 21.3 Å². The molecular formula is C9H14ClNO2S2. The van der Waals surface area contributed by atoms with Gasteiger partial charge in [0.25, 0.3) is 0 Å². The lowest BCUT2D eigenvalue weighted by atomic mass is 10.1. The van der Waals surface area contributed by atoms with E-state index in [1.54, 1.807) is 26.0 Å². The van der Waals surface area contributed by atoms with Crippen LogP contribution in [0.3, 0.4) is 0 Å². The Morgan fingerprint density at radius 2 is 2.07 bits per heavy atom. The van der Waals surface area contributed by atoms with E-state index >= 15 is 0 Å². The van der Waals surface area contributed by atoms with Crippen molar-refractivity contribution in [3.8, 4) is 0 Å². The van der Waals surface area contributed by atoms with Gasteiger partial charge in [-0.05, 0) is 26.0 Å². The fraction of sp³-hybridized carbons (Fsp3) is 0.556. The molecule has 15 heavy (non-hydrogen) atoms. The van der Waals surface area contributed by atoms with Crippen LogP contribution in [0.4, 0.5) is 0 Å². The number of hydrogen-bond donors (Lipinski definition) is 1. The van der Waals surface area contributed by atoms with E-state index in [1.165, 1.54) is 11.3 Å². The average Bonchev–Trinajstić information content (AvgIpc) is 2.27. The lowest BCUT2D eigenvalue weighted by molar-refractivity contribution is 0.544. The average molecular weight is 268 g/mol. The van der Waals surface area contributed by atoms with E-state index in [0.717, 1.165) is 4.88 Å². The maximum Gasteiger partial charge on any atom is 0.157 e. The molecule has 0 fully saturated rings. The number of thiophene rings is 1. The third kappa shape index (κ3) is 4.97. The van der Waals surface area contributed by atoms with Crippen molar-refractivity contribution in [1.29, 1.82) is 0 Å². The van der Waals surface area contributed by atoms with Crippen LogP contribution < -0.4 is 5.73 Å². The molecular weight excluding hydrogens is 254 g/mol. The van der Waals surface area contributed by atoms with E-state index in [0.29, 0.717) is 4.34 Å². The molecule has 0 spiro atoms. The zero-order valence-electron chi connectivity index (χ0n) is 8.66. The maximum absolute atomic E-state index is 11.7. The highest BCUT2D eigenvalue weighted by molar-refractivity contribution is 7.90. The Kier molecular flexibility index (Phi) is 3.81. The van der Waals surface area contributed by atoms with Crippen LogP contribution in [0.15, 0.2) is 12.1 Å². The summed E-state index contributed by atoms with van der Waals surface area (Å²) in [6.07, 6.45) is 0. The Morgan fingerprint density at radius 3 is 2.47 bits per heavy atom. The molecule has 3 nitrogen and oxygen atoms in total. The Hall–Kier alpha value is -0.100. The third-order valence-electron chi connectivity index (χ3n) is 1.58. The minimum absolute atomic E-state index is 0.0183. The molecule has 0 saturated heterocycles. The van der Waals surface area contributed by atoms with E-state index in [1.807, 2.05) is 0 Å². The molecule has 0 aliphatic carbocycles. The quantitative estimate of drug-likeness (QED) is 0.908. The number of hydrogen-bond acceptors (Lipinski definition) is 4. The van der Waals surface area contributed by atoms with Gasteiger partial charge in [-0.3, -0.25) is 0 Å². The Bertz CT molecular complexity index is 431. The smallest absolute Gasteiger partial charge is 0.157 e. The highest BCUT2D eigenvalue weighted by atomic mass is 35.5. The lowest BCUT2D eigenvalue weighted by Gasteiger charge is -2.17. The van der Waals surface area contributed by atoms with E-state index in [9.17, 15) is 8.42 Å². The van der Waals surface area contributed by atoms with Crippen LogP contribution in [0.5, 0.6) is 0 Å². The van der Waals surface area contributed by atoms with Gasteiger partial charge in [-0.15, -0.1) is 11.3 Å². The summed E-state index contributed by atoms with van der Waals surface area (Å²) in [5.41, 5.74) is 4.98. The summed E-state index contributed by atoms with van der Waals surface area (Å²) < 4.78 is 24.0. The van der Waals surface area contributed by atoms with Gasteiger partial charge < -0.3 is 5.73 Å². The molecule has 0 atom stereocenters. The summed E-state index contributed by atoms with van der Waals surface area (Å²) in [5, 5.41) is 0. The molecule has 1 heterocycles. The monoisotopic (exact) mass is 267 g/mol. The van der Waals surface area contributed by atoms with Crippen molar-refractivity contribution in [2.24, 2.45) is 5.73 Å². The largest absolute Gasteiger partial charge is 0.325 e. The molecule has 86 valence electrons. The second kappa shape index (κ2) is 4.41. The van der Waals surface area contributed by atoms with Gasteiger partial charge >= 0.3 is 0 Å². The topological polar surface area (TPSA) is 60.2 Å². The van der Waals surface area contributed by atoms with Crippen LogP contribution in [-0.4, -0.2) is 19.7 Å². The minimum Gasteiger partial charge on any atom is -0.325 e. The van der Waals surface area contributed by atoms with E-state index in [4.69, 9.17) is 17.3 Å². The summed E-state index contributed by atoms with van der Waals surface area (Å²) in [5.74, 6) is 0.000531. The van der Waals surface area contributed by atoms with Gasteiger partial charge in [0.1, 0.15) is 0 Å². The fourth-order valence-corrected chi connectivity index (χ4v) is 4.69. The number of nitrogens with two attached hydrogens (primary N) is 1. The summed E-state index contributed by atoms with van der Waals surface area (Å²) in [7, 11) is -3.15. The third-order valence-corrected chi connectivity index (χ3v) is 4.93. The molecule has 0 saturated carbocycles. The predicted molar refractivity (Wildman–Crippen MR) is 65.1 cm³/mol. The van der Waals surface area contributed by atoms with Crippen molar-refractivity contribution in [3.63, 3.8) is 0 Å². The maximum atomic E-state index is 11.7. The summed E-state index contributed by atoms with van der Waals surface area (Å²) >= 11 is 7.01. The molecule has 0 aromatic carbocycles. The molecule has 0 unspecified atom stereocenters. The second-order valence-corrected chi connectivity index (χ2v) is 8.09. The first kappa shape index (κ1) is 13.0. The lowest BCUT2D eigenvalue weighted by Crippen LogP contribution is -2.40. The van der Waals surface area contributed by atoms with Gasteiger partial charge in [-0.25, -0.2) is 8.42 Å². The van der Waals surface area contributed by atoms with Gasteiger partial charge in [-0.2, -0.15) is 0 Å². The summed E-state index contributed by atoms with van der Waals surface area (Å²) in [4.78, 5) is 0.754. The Morgan fingerprint density at radius 1 is 1.47 bits per heavy atom. The van der Waals surface area contributed by atoms with Gasteiger partial charge in [0, 0.05) is 10.4 Å². The standard InChI is InChI=1S/C9H14ClNO2S2/c1-9(2,11)6-15(12,13)5-7-3-4-8(10)14-7/h3-4H,5-6,11H2,1-2H3. The predicted octanol–water partition coefficient (Wildman–Crippen LogP) is 2.05. The van der Waals surface area contributed by atoms with Gasteiger partial charge in [0.05, 0.1) is 15.8 Å². The first-order chi connectivity index (χ1) is 6.68. The molecule has 0 amide bonds. The summed E-state index contributed by atoms with van der Waals surface area (Å²) in [6, 6.07) is 3.43. The normalized spacial score (nSPS) is 13.1. The van der Waals surface area contributed by atoms with Crippen LogP contribution in [0.25, 0.3) is 0 Å². The number of rotatable bonds is 4. The van der Waals surface area contributed by atoms with Crippen molar-refractivity contribution < 1.29 is 8.42 Å². The van der Waals surface area contributed by atoms with Crippen LogP contribution in [0.1, 0.15) is 18.7 Å². The molecule has 0 bridgehead atoms. The van der Waals surface area contributed by atoms with E-state index in [-0.39, 0.29) is 11.5 Å². The van der Waals surface area contributed by atoms with E-state index < -0.39 is 15.4 Å². The molecule has 6 heteroatoms. The zero-order valence-corrected chi connectivity index (χ0v) is 11.0. The first-order valence-electron chi connectivity index (χ1n) is 4.41. The van der Waals surface area contributed by atoms with Crippen molar-refractivity contribution >= 4 is 32.8 Å². The van der Waals surface area contributed by atoms with Gasteiger partial charge in [0.15, 0.2) is 9.84 Å². The van der Waals surface area contributed by atoms with E-state index in [2.05, 4.69) is 0 Å². The molecule has 1 aromatic heterocycles. The molecule has 0 aliphatic rings. The minimum atomic E-state index is -3.15. The van der Waals surface area contributed by atoms with Crippen molar-refractivity contribution in [1.82, 2.24) is 0 Å². The van der Waals surface area contributed by atoms with Crippen LogP contribution >= 0.6 is 22.9 Å². The zero-order chi connectivity index (χ0) is 11.7. The number of halogens is 1. The molecule has 0 aliphatic heterocycles. The van der Waals surface area contributed by atoms with Crippen LogP contribution in [-0.2, 0) is 15.6 Å². The molecule has 1 aromatic rings. The molecule has 0 radical (unpaired) electrons. The first-order valence-corrected chi connectivity index (χ1v) is 7.43. The Labute approximate surface area is 99.2 Å². The Balaban J connectivity index is 2.73.